The summed E-state index contributed by atoms with van der Waals surface area (Å²) in [5.74, 6) is -0.231. The van der Waals surface area contributed by atoms with Crippen molar-refractivity contribution in [1.29, 1.82) is 0 Å². The second kappa shape index (κ2) is 5.05. The Hall–Kier alpha value is -1.08. The number of amides is 1. The second-order valence-corrected chi connectivity index (χ2v) is 5.05. The lowest BCUT2D eigenvalue weighted by atomic mass is 10.3. The van der Waals surface area contributed by atoms with Gasteiger partial charge in [0.15, 0.2) is 5.69 Å². The topological polar surface area (TPSA) is 46.9 Å². The Morgan fingerprint density at radius 2 is 2.24 bits per heavy atom. The average molecular weight is 362 g/mol. The van der Waals surface area contributed by atoms with Crippen LogP contribution < -0.4 is 5.32 Å². The third-order valence-electron chi connectivity index (χ3n) is 2.13. The fourth-order valence-electron chi connectivity index (χ4n) is 1.31. The summed E-state index contributed by atoms with van der Waals surface area (Å²) in [7, 11) is 1.77. The number of nitrogens with one attached hydrogen (secondary N) is 1. The number of carbonyl (C=O) groups is 1. The zero-order valence-electron chi connectivity index (χ0n) is 8.95. The van der Waals surface area contributed by atoms with Crippen LogP contribution in [0, 0.1) is 3.57 Å². The summed E-state index contributed by atoms with van der Waals surface area (Å²) in [4.78, 5) is 11.8. The van der Waals surface area contributed by atoms with Gasteiger partial charge in [0.2, 0.25) is 0 Å². The lowest BCUT2D eigenvalue weighted by molar-refractivity contribution is 0.102. The number of aromatic nitrogens is 2. The summed E-state index contributed by atoms with van der Waals surface area (Å²) in [6, 6.07) is 6.96. The molecule has 4 nitrogen and oxygen atoms in total. The van der Waals surface area contributed by atoms with Gasteiger partial charge < -0.3 is 5.32 Å². The molecule has 1 N–H and O–H groups in total. The smallest absolute Gasteiger partial charge is 0.276 e. The number of hydrogen-bond acceptors (Lipinski definition) is 2. The van der Waals surface area contributed by atoms with Gasteiger partial charge in [0.05, 0.1) is 5.69 Å². The molecule has 0 bridgehead atoms. The van der Waals surface area contributed by atoms with Crippen molar-refractivity contribution in [3.63, 3.8) is 0 Å². The van der Waals surface area contributed by atoms with Gasteiger partial charge in [-0.25, -0.2) is 0 Å². The van der Waals surface area contributed by atoms with Crippen LogP contribution >= 0.6 is 34.2 Å². The van der Waals surface area contributed by atoms with E-state index in [1.807, 2.05) is 0 Å². The molecule has 1 heterocycles. The normalized spacial score (nSPS) is 10.3. The molecule has 0 aliphatic heterocycles. The van der Waals surface area contributed by atoms with Crippen LogP contribution in [-0.2, 0) is 7.05 Å². The second-order valence-electron chi connectivity index (χ2n) is 3.45. The van der Waals surface area contributed by atoms with Crippen LogP contribution in [0.3, 0.4) is 0 Å². The maximum Gasteiger partial charge on any atom is 0.276 e. The van der Waals surface area contributed by atoms with E-state index in [1.165, 1.54) is 0 Å². The van der Waals surface area contributed by atoms with Gasteiger partial charge in [-0.2, -0.15) is 5.10 Å². The van der Waals surface area contributed by atoms with Crippen molar-refractivity contribution >= 4 is 45.8 Å². The molecule has 0 aliphatic carbocycles. The minimum Gasteiger partial charge on any atom is -0.320 e. The first kappa shape index (κ1) is 12.4. The fraction of sp³-hybridized carbons (Fsp3) is 0.0909. The van der Waals surface area contributed by atoms with Crippen LogP contribution in [0.4, 0.5) is 5.69 Å². The van der Waals surface area contributed by atoms with Crippen molar-refractivity contribution in [2.75, 3.05) is 5.32 Å². The third kappa shape index (κ3) is 2.98. The summed E-state index contributed by atoms with van der Waals surface area (Å²) in [5, 5.41) is 7.46. The van der Waals surface area contributed by atoms with Gasteiger partial charge in [-0.15, -0.1) is 0 Å². The zero-order valence-corrected chi connectivity index (χ0v) is 11.9. The number of benzene rings is 1. The molecular formula is C11H9ClIN3O. The van der Waals surface area contributed by atoms with E-state index in [0.717, 1.165) is 9.26 Å². The van der Waals surface area contributed by atoms with Gasteiger partial charge in [0.1, 0.15) is 0 Å². The Labute approximate surface area is 117 Å². The first-order valence-corrected chi connectivity index (χ1v) is 6.28. The van der Waals surface area contributed by atoms with Gasteiger partial charge >= 0.3 is 0 Å². The molecule has 1 amide bonds. The molecule has 17 heavy (non-hydrogen) atoms. The molecule has 0 radical (unpaired) electrons. The molecule has 1 aromatic heterocycles. The quantitative estimate of drug-likeness (QED) is 0.836. The summed E-state index contributed by atoms with van der Waals surface area (Å²) in [6.07, 6.45) is 1.72. The van der Waals surface area contributed by atoms with Crippen molar-refractivity contribution < 1.29 is 4.79 Å². The van der Waals surface area contributed by atoms with Gasteiger partial charge in [-0.3, -0.25) is 9.48 Å². The molecule has 2 rings (SSSR count). The van der Waals surface area contributed by atoms with Crippen molar-refractivity contribution in [3.8, 4) is 0 Å². The molecule has 0 aliphatic rings. The highest BCUT2D eigenvalue weighted by atomic mass is 127. The van der Waals surface area contributed by atoms with E-state index in [9.17, 15) is 4.79 Å². The van der Waals surface area contributed by atoms with Crippen molar-refractivity contribution in [2.45, 2.75) is 0 Å². The first-order chi connectivity index (χ1) is 8.06. The van der Waals surface area contributed by atoms with E-state index in [-0.39, 0.29) is 5.91 Å². The predicted molar refractivity (Wildman–Crippen MR) is 75.3 cm³/mol. The van der Waals surface area contributed by atoms with Crippen molar-refractivity contribution in [1.82, 2.24) is 9.78 Å². The predicted octanol–water partition coefficient (Wildman–Crippen LogP) is 2.93. The molecule has 6 heteroatoms. The summed E-state index contributed by atoms with van der Waals surface area (Å²) in [5.41, 5.74) is 1.11. The molecule has 0 saturated heterocycles. The van der Waals surface area contributed by atoms with Crippen LogP contribution in [0.1, 0.15) is 10.5 Å². The highest BCUT2D eigenvalue weighted by Crippen LogP contribution is 2.22. The highest BCUT2D eigenvalue weighted by molar-refractivity contribution is 14.1. The zero-order chi connectivity index (χ0) is 12.4. The molecule has 0 saturated carbocycles. The Morgan fingerprint density at radius 3 is 2.82 bits per heavy atom. The number of rotatable bonds is 2. The summed E-state index contributed by atoms with van der Waals surface area (Å²) < 4.78 is 2.47. The van der Waals surface area contributed by atoms with Gasteiger partial charge in [-0.05, 0) is 46.9 Å². The van der Waals surface area contributed by atoms with Crippen LogP contribution in [-0.4, -0.2) is 15.7 Å². The molecule has 0 atom stereocenters. The maximum absolute atomic E-state index is 11.8. The lowest BCUT2D eigenvalue weighted by Crippen LogP contribution is -2.13. The largest absolute Gasteiger partial charge is 0.320 e. The molecule has 1 aromatic carbocycles. The Bertz CT molecular complexity index is 568. The minimum absolute atomic E-state index is 0.231. The average Bonchev–Trinajstić information content (AvgIpc) is 2.69. The van der Waals surface area contributed by atoms with Gasteiger partial charge in [-0.1, -0.05) is 11.6 Å². The van der Waals surface area contributed by atoms with Crippen LogP contribution in [0.15, 0.2) is 30.5 Å². The van der Waals surface area contributed by atoms with Crippen molar-refractivity contribution in [2.24, 2.45) is 7.05 Å². The van der Waals surface area contributed by atoms with Crippen molar-refractivity contribution in [3.05, 3.63) is 44.7 Å². The van der Waals surface area contributed by atoms with Crippen LogP contribution in [0.5, 0.6) is 0 Å². The SMILES string of the molecule is Cn1ccc(C(=O)Nc2ccc(Cl)cc2I)n1. The van der Waals surface area contributed by atoms with E-state index in [0.29, 0.717) is 10.7 Å². The number of nitrogens with zero attached hydrogens (tertiary/aromatic N) is 2. The molecule has 0 fully saturated rings. The molecule has 2 aromatic rings. The Morgan fingerprint density at radius 1 is 1.47 bits per heavy atom. The Kier molecular flexibility index (Phi) is 3.68. The number of halogens is 2. The minimum atomic E-state index is -0.231. The molecule has 0 spiro atoms. The summed E-state index contributed by atoms with van der Waals surface area (Å²) >= 11 is 7.96. The maximum atomic E-state index is 11.8. The number of carbonyl (C=O) groups excluding carboxylic acids is 1. The van der Waals surface area contributed by atoms with Gasteiger partial charge in [0.25, 0.3) is 5.91 Å². The van der Waals surface area contributed by atoms with E-state index in [2.05, 4.69) is 33.0 Å². The molecule has 0 unspecified atom stereocenters. The fourth-order valence-corrected chi connectivity index (χ4v) is 2.32. The lowest BCUT2D eigenvalue weighted by Gasteiger charge is -2.05. The highest BCUT2D eigenvalue weighted by Gasteiger charge is 2.10. The van der Waals surface area contributed by atoms with Crippen LogP contribution in [0.25, 0.3) is 0 Å². The van der Waals surface area contributed by atoms with Gasteiger partial charge in [0, 0.05) is 21.8 Å². The number of hydrogen-bond donors (Lipinski definition) is 1. The first-order valence-electron chi connectivity index (χ1n) is 4.82. The standard InChI is InChI=1S/C11H9ClIN3O/c1-16-5-4-10(15-16)11(17)14-9-3-2-7(12)6-8(9)13/h2-6H,1H3,(H,14,17). The molecular weight excluding hydrogens is 352 g/mol. The van der Waals surface area contributed by atoms with E-state index in [4.69, 9.17) is 11.6 Å². The van der Waals surface area contributed by atoms with E-state index < -0.39 is 0 Å². The third-order valence-corrected chi connectivity index (χ3v) is 3.25. The summed E-state index contributed by atoms with van der Waals surface area (Å²) in [6.45, 7) is 0. The Balaban J connectivity index is 2.18. The molecule has 88 valence electrons. The van der Waals surface area contributed by atoms with E-state index >= 15 is 0 Å². The van der Waals surface area contributed by atoms with E-state index in [1.54, 1.807) is 42.2 Å². The number of anilines is 1. The number of aryl methyl sites for hydroxylation is 1. The van der Waals surface area contributed by atoms with Crippen LogP contribution in [0.2, 0.25) is 5.02 Å². The monoisotopic (exact) mass is 361 g/mol.